The van der Waals surface area contributed by atoms with Crippen LogP contribution in [0.15, 0.2) is 30.5 Å². The molecule has 0 saturated heterocycles. The van der Waals surface area contributed by atoms with Crippen LogP contribution in [-0.4, -0.2) is 24.0 Å². The minimum absolute atomic E-state index is 0.121. The highest BCUT2D eigenvalue weighted by Crippen LogP contribution is 2.24. The molecular weight excluding hydrogens is 238 g/mol. The van der Waals surface area contributed by atoms with E-state index in [1.54, 1.807) is 6.20 Å². The van der Waals surface area contributed by atoms with Gasteiger partial charge in [0.2, 0.25) is 5.91 Å². The average Bonchev–Trinajstić information content (AvgIpc) is 2.43. The highest BCUT2D eigenvalue weighted by atomic mass is 16.1. The molecule has 1 aromatic carbocycles. The maximum Gasteiger partial charge on any atom is 0.238 e. The quantitative estimate of drug-likeness (QED) is 0.644. The van der Waals surface area contributed by atoms with Crippen molar-refractivity contribution in [2.45, 2.75) is 6.92 Å². The molecule has 1 heterocycles. The lowest BCUT2D eigenvalue weighted by molar-refractivity contribution is -0.115. The van der Waals surface area contributed by atoms with Crippen molar-refractivity contribution in [3.63, 3.8) is 0 Å². The highest BCUT2D eigenvalue weighted by molar-refractivity contribution is 6.02. The monoisotopic (exact) mass is 253 g/mol. The van der Waals surface area contributed by atoms with Crippen LogP contribution >= 0.6 is 0 Å². The molecule has 19 heavy (non-hydrogen) atoms. The van der Waals surface area contributed by atoms with Crippen molar-refractivity contribution in [1.29, 1.82) is 0 Å². The minimum Gasteiger partial charge on any atom is -0.324 e. The van der Waals surface area contributed by atoms with E-state index in [2.05, 4.69) is 21.5 Å². The van der Waals surface area contributed by atoms with Crippen LogP contribution in [0.2, 0.25) is 0 Å². The fraction of sp³-hybridized carbons (Fsp3) is 0.200. The Morgan fingerprint density at radius 1 is 1.42 bits per heavy atom. The number of amides is 1. The fourth-order valence-electron chi connectivity index (χ4n) is 1.87. The Morgan fingerprint density at radius 3 is 3.05 bits per heavy atom. The zero-order valence-corrected chi connectivity index (χ0v) is 10.7. The molecule has 0 spiro atoms. The Hall–Kier alpha value is -2.38. The van der Waals surface area contributed by atoms with Gasteiger partial charge in [0.25, 0.3) is 0 Å². The maximum atomic E-state index is 11.8. The standard InChI is InChI=1S/C15H15N3O/c1-3-8-16-10-14(19)18-13-7-6-11(2)15-12(13)5-4-9-17-15/h1,4-7,9,16H,8,10H2,2H3,(H,18,19). The number of carbonyl (C=O) groups excluding carboxylic acids is 1. The number of hydrogen-bond donors (Lipinski definition) is 2. The number of rotatable bonds is 4. The number of aromatic nitrogens is 1. The molecule has 0 atom stereocenters. The van der Waals surface area contributed by atoms with Crippen LogP contribution in [0.5, 0.6) is 0 Å². The first-order valence-corrected chi connectivity index (χ1v) is 6.00. The van der Waals surface area contributed by atoms with Crippen LogP contribution in [0.25, 0.3) is 10.9 Å². The van der Waals surface area contributed by atoms with Crippen molar-refractivity contribution < 1.29 is 4.79 Å². The summed E-state index contributed by atoms with van der Waals surface area (Å²) >= 11 is 0. The van der Waals surface area contributed by atoms with Gasteiger partial charge in [-0.05, 0) is 30.7 Å². The van der Waals surface area contributed by atoms with E-state index in [1.165, 1.54) is 0 Å². The van der Waals surface area contributed by atoms with Gasteiger partial charge >= 0.3 is 0 Å². The molecule has 0 fully saturated rings. The van der Waals surface area contributed by atoms with Crippen molar-refractivity contribution >= 4 is 22.5 Å². The number of aryl methyl sites for hydroxylation is 1. The molecule has 0 aliphatic rings. The summed E-state index contributed by atoms with van der Waals surface area (Å²) in [7, 11) is 0. The third-order valence-electron chi connectivity index (χ3n) is 2.76. The van der Waals surface area contributed by atoms with E-state index < -0.39 is 0 Å². The number of anilines is 1. The Kier molecular flexibility index (Phi) is 4.11. The summed E-state index contributed by atoms with van der Waals surface area (Å²) < 4.78 is 0. The van der Waals surface area contributed by atoms with Gasteiger partial charge in [0.05, 0.1) is 24.3 Å². The number of carbonyl (C=O) groups is 1. The molecule has 4 heteroatoms. The Morgan fingerprint density at radius 2 is 2.26 bits per heavy atom. The Balaban J connectivity index is 2.20. The van der Waals surface area contributed by atoms with E-state index in [-0.39, 0.29) is 12.5 Å². The second-order valence-electron chi connectivity index (χ2n) is 4.19. The summed E-state index contributed by atoms with van der Waals surface area (Å²) in [5.41, 5.74) is 2.75. The second-order valence-corrected chi connectivity index (χ2v) is 4.19. The van der Waals surface area contributed by atoms with Crippen LogP contribution in [0, 0.1) is 19.3 Å². The maximum absolute atomic E-state index is 11.8. The van der Waals surface area contributed by atoms with Crippen LogP contribution in [0.4, 0.5) is 5.69 Å². The van der Waals surface area contributed by atoms with Crippen molar-refractivity contribution in [3.8, 4) is 12.3 Å². The number of benzene rings is 1. The first-order valence-electron chi connectivity index (χ1n) is 6.00. The van der Waals surface area contributed by atoms with Crippen LogP contribution in [0.3, 0.4) is 0 Å². The van der Waals surface area contributed by atoms with Gasteiger partial charge in [-0.1, -0.05) is 12.0 Å². The summed E-state index contributed by atoms with van der Waals surface area (Å²) in [5.74, 6) is 2.30. The van der Waals surface area contributed by atoms with Crippen molar-refractivity contribution in [1.82, 2.24) is 10.3 Å². The highest BCUT2D eigenvalue weighted by Gasteiger charge is 2.07. The summed E-state index contributed by atoms with van der Waals surface area (Å²) in [6.07, 6.45) is 6.85. The summed E-state index contributed by atoms with van der Waals surface area (Å²) in [6.45, 7) is 2.57. The molecular formula is C15H15N3O. The van der Waals surface area contributed by atoms with Crippen LogP contribution in [-0.2, 0) is 4.79 Å². The predicted octanol–water partition coefficient (Wildman–Crippen LogP) is 1.70. The number of pyridine rings is 1. The van der Waals surface area contributed by atoms with Crippen LogP contribution < -0.4 is 10.6 Å². The third-order valence-corrected chi connectivity index (χ3v) is 2.76. The first kappa shape index (κ1) is 13.1. The topological polar surface area (TPSA) is 54.0 Å². The fourth-order valence-corrected chi connectivity index (χ4v) is 1.87. The van der Waals surface area contributed by atoms with Gasteiger partial charge in [0, 0.05) is 11.6 Å². The molecule has 0 saturated carbocycles. The lowest BCUT2D eigenvalue weighted by Gasteiger charge is -2.10. The van der Waals surface area contributed by atoms with Gasteiger partial charge in [-0.25, -0.2) is 0 Å². The predicted molar refractivity (Wildman–Crippen MR) is 76.8 cm³/mol. The number of fused-ring (bicyclic) bond motifs is 1. The number of nitrogens with one attached hydrogen (secondary N) is 2. The summed E-state index contributed by atoms with van der Waals surface area (Å²) in [5, 5.41) is 6.65. The van der Waals surface area contributed by atoms with Gasteiger partial charge in [-0.2, -0.15) is 0 Å². The lowest BCUT2D eigenvalue weighted by Crippen LogP contribution is -2.28. The second kappa shape index (κ2) is 5.98. The summed E-state index contributed by atoms with van der Waals surface area (Å²) in [4.78, 5) is 16.1. The smallest absolute Gasteiger partial charge is 0.238 e. The Bertz CT molecular complexity index is 643. The molecule has 2 aromatic rings. The van der Waals surface area contributed by atoms with Crippen LogP contribution in [0.1, 0.15) is 5.56 Å². The largest absolute Gasteiger partial charge is 0.324 e. The van der Waals surface area contributed by atoms with Crippen molar-refractivity contribution in [3.05, 3.63) is 36.0 Å². The van der Waals surface area contributed by atoms with Gasteiger partial charge in [0.1, 0.15) is 0 Å². The van der Waals surface area contributed by atoms with E-state index in [0.29, 0.717) is 6.54 Å². The molecule has 2 rings (SSSR count). The van der Waals surface area contributed by atoms with Crippen molar-refractivity contribution in [2.24, 2.45) is 0 Å². The molecule has 0 aliphatic carbocycles. The van der Waals surface area contributed by atoms with Gasteiger partial charge in [-0.3, -0.25) is 15.1 Å². The molecule has 4 nitrogen and oxygen atoms in total. The molecule has 96 valence electrons. The number of nitrogens with zero attached hydrogens (tertiary/aromatic N) is 1. The van der Waals surface area contributed by atoms with Crippen molar-refractivity contribution in [2.75, 3.05) is 18.4 Å². The molecule has 0 radical (unpaired) electrons. The van der Waals surface area contributed by atoms with E-state index in [0.717, 1.165) is 22.2 Å². The normalized spacial score (nSPS) is 10.1. The molecule has 1 aromatic heterocycles. The zero-order valence-electron chi connectivity index (χ0n) is 10.7. The number of terminal acetylenes is 1. The molecule has 0 bridgehead atoms. The van der Waals surface area contributed by atoms with E-state index in [9.17, 15) is 4.79 Å². The van der Waals surface area contributed by atoms with E-state index >= 15 is 0 Å². The van der Waals surface area contributed by atoms with Gasteiger partial charge < -0.3 is 5.32 Å². The molecule has 0 unspecified atom stereocenters. The third kappa shape index (κ3) is 3.09. The SMILES string of the molecule is C#CCNCC(=O)Nc1ccc(C)c2ncccc12. The molecule has 1 amide bonds. The molecule has 0 aliphatic heterocycles. The number of hydrogen-bond acceptors (Lipinski definition) is 3. The summed E-state index contributed by atoms with van der Waals surface area (Å²) in [6, 6.07) is 7.63. The lowest BCUT2D eigenvalue weighted by atomic mass is 10.1. The van der Waals surface area contributed by atoms with Gasteiger partial charge in [0.15, 0.2) is 0 Å². The minimum atomic E-state index is -0.121. The molecule has 2 N–H and O–H groups in total. The average molecular weight is 253 g/mol. The first-order chi connectivity index (χ1) is 9.22. The van der Waals surface area contributed by atoms with Gasteiger partial charge in [-0.15, -0.1) is 6.42 Å². The van der Waals surface area contributed by atoms with E-state index in [4.69, 9.17) is 6.42 Å². The van der Waals surface area contributed by atoms with E-state index in [1.807, 2.05) is 31.2 Å². The Labute approximate surface area is 112 Å². The zero-order chi connectivity index (χ0) is 13.7.